The molecule has 0 spiro atoms. The number of hydrogen-bond donors (Lipinski definition) is 2. The summed E-state index contributed by atoms with van der Waals surface area (Å²) in [7, 11) is 0. The number of hydrogen-bond acceptors (Lipinski definition) is 2. The second-order valence-corrected chi connectivity index (χ2v) is 3.39. The van der Waals surface area contributed by atoms with Gasteiger partial charge < -0.3 is 10.2 Å². The molecule has 0 atom stereocenters. The third-order valence-corrected chi connectivity index (χ3v) is 2.09. The van der Waals surface area contributed by atoms with Crippen molar-refractivity contribution in [1.29, 1.82) is 0 Å². The summed E-state index contributed by atoms with van der Waals surface area (Å²) in [5, 5.41) is 18.4. The predicted molar refractivity (Wildman–Crippen MR) is 57.5 cm³/mol. The zero-order valence-corrected chi connectivity index (χ0v) is 8.24. The summed E-state index contributed by atoms with van der Waals surface area (Å²) in [5.41, 5.74) is 0.978. The first-order valence-electron chi connectivity index (χ1n) is 4.85. The molecule has 0 heterocycles. The Morgan fingerprint density at radius 2 is 1.71 bits per heavy atom. The maximum absolute atomic E-state index is 9.22. The minimum atomic E-state index is 0.128. The molecule has 0 aliphatic heterocycles. The molecule has 0 bridgehead atoms. The molecule has 0 saturated heterocycles. The van der Waals surface area contributed by atoms with Gasteiger partial charge in [0.15, 0.2) is 0 Å². The van der Waals surface area contributed by atoms with Crippen LogP contribution in [0, 0.1) is 0 Å². The zero-order valence-electron chi connectivity index (χ0n) is 8.24. The Balaban J connectivity index is 2.46. The summed E-state index contributed by atoms with van der Waals surface area (Å²) in [6, 6.07) is 4.72. The van der Waals surface area contributed by atoms with E-state index in [1.165, 1.54) is 6.07 Å². The lowest BCUT2D eigenvalue weighted by Gasteiger charge is -2.02. The maximum Gasteiger partial charge on any atom is 0.119 e. The van der Waals surface area contributed by atoms with E-state index in [9.17, 15) is 10.2 Å². The number of phenolic OH excluding ortho intramolecular Hbond substituents is 2. The Kier molecular flexibility index (Phi) is 4.05. The number of allylic oxidation sites excluding steroid dienone is 1. The van der Waals surface area contributed by atoms with Gasteiger partial charge in [-0.1, -0.05) is 6.08 Å². The summed E-state index contributed by atoms with van der Waals surface area (Å²) in [6.07, 6.45) is 5.95. The van der Waals surface area contributed by atoms with Gasteiger partial charge in [-0.2, -0.15) is 0 Å². The van der Waals surface area contributed by atoms with E-state index >= 15 is 0 Å². The molecule has 14 heavy (non-hydrogen) atoms. The third-order valence-electron chi connectivity index (χ3n) is 2.09. The van der Waals surface area contributed by atoms with Crippen molar-refractivity contribution in [2.45, 2.75) is 25.7 Å². The Labute approximate surface area is 84.5 Å². The molecule has 1 aromatic carbocycles. The van der Waals surface area contributed by atoms with Crippen molar-refractivity contribution in [1.82, 2.24) is 0 Å². The molecule has 0 unspecified atom stereocenters. The molecule has 0 fully saturated rings. The van der Waals surface area contributed by atoms with E-state index in [-0.39, 0.29) is 11.5 Å². The lowest BCUT2D eigenvalue weighted by atomic mass is 10.1. The van der Waals surface area contributed by atoms with Crippen molar-refractivity contribution >= 4 is 0 Å². The van der Waals surface area contributed by atoms with Crippen molar-refractivity contribution in [3.05, 3.63) is 36.4 Å². The SMILES string of the molecule is C=CCCCCc1cc(O)cc(O)c1. The van der Waals surface area contributed by atoms with Gasteiger partial charge in [0.1, 0.15) is 11.5 Å². The normalized spacial score (nSPS) is 10.0. The van der Waals surface area contributed by atoms with Crippen molar-refractivity contribution in [2.24, 2.45) is 0 Å². The number of phenols is 2. The number of aromatic hydroxyl groups is 2. The van der Waals surface area contributed by atoms with Crippen LogP contribution in [0.2, 0.25) is 0 Å². The summed E-state index contributed by atoms with van der Waals surface area (Å²) >= 11 is 0. The van der Waals surface area contributed by atoms with Gasteiger partial charge in [-0.15, -0.1) is 6.58 Å². The second-order valence-electron chi connectivity index (χ2n) is 3.39. The Hall–Kier alpha value is -1.44. The van der Waals surface area contributed by atoms with E-state index in [2.05, 4.69) is 6.58 Å². The van der Waals surface area contributed by atoms with Crippen molar-refractivity contribution < 1.29 is 10.2 Å². The van der Waals surface area contributed by atoms with Crippen LogP contribution in [0.25, 0.3) is 0 Å². The fourth-order valence-electron chi connectivity index (χ4n) is 1.42. The highest BCUT2D eigenvalue weighted by Crippen LogP contribution is 2.21. The van der Waals surface area contributed by atoms with Gasteiger partial charge in [0.25, 0.3) is 0 Å². The highest BCUT2D eigenvalue weighted by atomic mass is 16.3. The van der Waals surface area contributed by atoms with E-state index < -0.39 is 0 Å². The monoisotopic (exact) mass is 192 g/mol. The van der Waals surface area contributed by atoms with E-state index in [0.717, 1.165) is 31.2 Å². The van der Waals surface area contributed by atoms with Crippen LogP contribution < -0.4 is 0 Å². The first-order chi connectivity index (χ1) is 6.72. The van der Waals surface area contributed by atoms with Crippen LogP contribution in [-0.4, -0.2) is 10.2 Å². The number of aryl methyl sites for hydroxylation is 1. The highest BCUT2D eigenvalue weighted by molar-refractivity contribution is 5.36. The topological polar surface area (TPSA) is 40.5 Å². The number of unbranched alkanes of at least 4 members (excludes halogenated alkanes) is 2. The van der Waals surface area contributed by atoms with Gasteiger partial charge in [-0.05, 0) is 43.4 Å². The van der Waals surface area contributed by atoms with E-state index in [1.54, 1.807) is 12.1 Å². The number of rotatable bonds is 5. The van der Waals surface area contributed by atoms with Crippen LogP contribution in [-0.2, 0) is 6.42 Å². The average Bonchev–Trinajstić information content (AvgIpc) is 2.11. The minimum absolute atomic E-state index is 0.128. The fourth-order valence-corrected chi connectivity index (χ4v) is 1.42. The predicted octanol–water partition coefficient (Wildman–Crippen LogP) is 3.00. The minimum Gasteiger partial charge on any atom is -0.508 e. The van der Waals surface area contributed by atoms with Crippen LogP contribution in [0.4, 0.5) is 0 Å². The first-order valence-corrected chi connectivity index (χ1v) is 4.85. The maximum atomic E-state index is 9.22. The zero-order chi connectivity index (χ0) is 10.4. The molecule has 1 aromatic rings. The summed E-state index contributed by atoms with van der Waals surface area (Å²) in [6.45, 7) is 3.65. The number of benzene rings is 1. The van der Waals surface area contributed by atoms with Gasteiger partial charge in [-0.25, -0.2) is 0 Å². The molecule has 2 N–H and O–H groups in total. The smallest absolute Gasteiger partial charge is 0.119 e. The summed E-state index contributed by atoms with van der Waals surface area (Å²) in [4.78, 5) is 0. The highest BCUT2D eigenvalue weighted by Gasteiger charge is 1.98. The molecule has 0 aliphatic rings. The third kappa shape index (κ3) is 3.52. The second kappa shape index (κ2) is 5.32. The average molecular weight is 192 g/mol. The lowest BCUT2D eigenvalue weighted by molar-refractivity contribution is 0.449. The lowest BCUT2D eigenvalue weighted by Crippen LogP contribution is -1.85. The van der Waals surface area contributed by atoms with Crippen LogP contribution in [0.3, 0.4) is 0 Å². The van der Waals surface area contributed by atoms with Crippen molar-refractivity contribution in [2.75, 3.05) is 0 Å². The molecule has 0 amide bonds. The fraction of sp³-hybridized carbons (Fsp3) is 0.333. The van der Waals surface area contributed by atoms with Gasteiger partial charge in [0, 0.05) is 6.07 Å². The van der Waals surface area contributed by atoms with Crippen LogP contribution in [0.5, 0.6) is 11.5 Å². The van der Waals surface area contributed by atoms with E-state index in [1.807, 2.05) is 6.08 Å². The van der Waals surface area contributed by atoms with Gasteiger partial charge in [0.05, 0.1) is 0 Å². The Morgan fingerprint density at radius 3 is 2.29 bits per heavy atom. The molecule has 1 rings (SSSR count). The summed E-state index contributed by atoms with van der Waals surface area (Å²) < 4.78 is 0. The molecule has 0 saturated carbocycles. The quantitative estimate of drug-likeness (QED) is 0.556. The first kappa shape index (κ1) is 10.6. The molecule has 2 nitrogen and oxygen atoms in total. The largest absolute Gasteiger partial charge is 0.508 e. The molecule has 0 aliphatic carbocycles. The molecular formula is C12H16O2. The summed E-state index contributed by atoms with van der Waals surface area (Å²) in [5.74, 6) is 0.257. The molecular weight excluding hydrogens is 176 g/mol. The van der Waals surface area contributed by atoms with Crippen LogP contribution >= 0.6 is 0 Å². The van der Waals surface area contributed by atoms with Gasteiger partial charge in [0.2, 0.25) is 0 Å². The van der Waals surface area contributed by atoms with Crippen molar-refractivity contribution in [3.8, 4) is 11.5 Å². The van der Waals surface area contributed by atoms with Gasteiger partial charge in [-0.3, -0.25) is 0 Å². The molecule has 76 valence electrons. The molecule has 2 heteroatoms. The Morgan fingerprint density at radius 1 is 1.07 bits per heavy atom. The van der Waals surface area contributed by atoms with E-state index in [0.29, 0.717) is 0 Å². The molecule has 0 radical (unpaired) electrons. The Bertz CT molecular complexity index is 285. The van der Waals surface area contributed by atoms with Gasteiger partial charge >= 0.3 is 0 Å². The van der Waals surface area contributed by atoms with Crippen LogP contribution in [0.15, 0.2) is 30.9 Å². The molecule has 0 aromatic heterocycles. The van der Waals surface area contributed by atoms with Crippen molar-refractivity contribution in [3.63, 3.8) is 0 Å². The standard InChI is InChI=1S/C12H16O2/c1-2-3-4-5-6-10-7-11(13)9-12(14)8-10/h2,7-9,13-14H,1,3-6H2. The van der Waals surface area contributed by atoms with Crippen LogP contribution in [0.1, 0.15) is 24.8 Å². The van der Waals surface area contributed by atoms with E-state index in [4.69, 9.17) is 0 Å².